The van der Waals surface area contributed by atoms with Gasteiger partial charge < -0.3 is 10.2 Å². The molecular formula is C14H18N4O2S. The number of non-ortho nitro benzene ring substituents is 1. The fraction of sp³-hybridized carbons (Fsp3) is 0.500. The van der Waals surface area contributed by atoms with Gasteiger partial charge in [0.05, 0.1) is 15.1 Å². The Hall–Kier alpha value is -1.73. The van der Waals surface area contributed by atoms with E-state index < -0.39 is 0 Å². The fourth-order valence-corrected chi connectivity index (χ4v) is 3.64. The molecule has 0 saturated carbocycles. The van der Waals surface area contributed by atoms with Crippen LogP contribution in [0.3, 0.4) is 0 Å². The number of aromatic nitrogens is 1. The van der Waals surface area contributed by atoms with Gasteiger partial charge in [0.2, 0.25) is 0 Å². The molecule has 0 bridgehead atoms. The van der Waals surface area contributed by atoms with Gasteiger partial charge >= 0.3 is 0 Å². The largest absolute Gasteiger partial charge is 0.351 e. The zero-order valence-corrected chi connectivity index (χ0v) is 12.7. The number of benzene rings is 1. The molecule has 1 saturated heterocycles. The zero-order chi connectivity index (χ0) is 14.8. The van der Waals surface area contributed by atoms with Crippen molar-refractivity contribution in [1.29, 1.82) is 0 Å². The maximum absolute atomic E-state index is 10.8. The number of nitro benzene ring substituents is 1. The Kier molecular flexibility index (Phi) is 4.03. The van der Waals surface area contributed by atoms with E-state index in [2.05, 4.69) is 15.2 Å². The van der Waals surface area contributed by atoms with Gasteiger partial charge in [0, 0.05) is 25.7 Å². The molecule has 0 amide bonds. The van der Waals surface area contributed by atoms with Crippen molar-refractivity contribution in [2.75, 3.05) is 31.6 Å². The van der Waals surface area contributed by atoms with E-state index in [9.17, 15) is 10.1 Å². The Balaban J connectivity index is 1.78. The molecule has 2 heterocycles. The molecule has 1 atom stereocenters. The Morgan fingerprint density at radius 1 is 1.57 bits per heavy atom. The molecule has 6 nitrogen and oxygen atoms in total. The monoisotopic (exact) mass is 306 g/mol. The van der Waals surface area contributed by atoms with Gasteiger partial charge in [-0.15, -0.1) is 0 Å². The first-order valence-electron chi connectivity index (χ1n) is 7.10. The maximum atomic E-state index is 10.8. The molecule has 7 heteroatoms. The standard InChI is InChI=1S/C14H18N4O2S/c1-17(9-10-3-2-6-15-8-10)14-16-12-7-11(18(19)20)4-5-13(12)21-14/h4-5,7,10,15H,2-3,6,8-9H2,1H3/t10-/m0/s1. The fourth-order valence-electron chi connectivity index (χ4n) is 2.73. The van der Waals surface area contributed by atoms with E-state index in [-0.39, 0.29) is 10.6 Å². The normalized spacial score (nSPS) is 18.8. The smallest absolute Gasteiger partial charge is 0.271 e. The predicted molar refractivity (Wildman–Crippen MR) is 85.1 cm³/mol. The van der Waals surface area contributed by atoms with Crippen molar-refractivity contribution in [3.63, 3.8) is 0 Å². The molecule has 0 aliphatic carbocycles. The summed E-state index contributed by atoms with van der Waals surface area (Å²) in [4.78, 5) is 17.1. The second-order valence-corrected chi connectivity index (χ2v) is 6.51. The lowest BCUT2D eigenvalue weighted by Crippen LogP contribution is -2.36. The summed E-state index contributed by atoms with van der Waals surface area (Å²) >= 11 is 1.59. The number of fused-ring (bicyclic) bond motifs is 1. The molecule has 2 aromatic rings. The first-order chi connectivity index (χ1) is 10.1. The number of nitrogens with one attached hydrogen (secondary N) is 1. The molecule has 1 aliphatic heterocycles. The number of nitrogens with zero attached hydrogens (tertiary/aromatic N) is 3. The van der Waals surface area contributed by atoms with Gasteiger partial charge in [-0.05, 0) is 37.9 Å². The van der Waals surface area contributed by atoms with Crippen LogP contribution in [0.15, 0.2) is 18.2 Å². The topological polar surface area (TPSA) is 71.3 Å². The van der Waals surface area contributed by atoms with Gasteiger partial charge in [-0.25, -0.2) is 4.98 Å². The average molecular weight is 306 g/mol. The second kappa shape index (κ2) is 5.95. The van der Waals surface area contributed by atoms with Gasteiger partial charge in [-0.2, -0.15) is 0 Å². The Morgan fingerprint density at radius 2 is 2.43 bits per heavy atom. The molecule has 112 valence electrons. The minimum absolute atomic E-state index is 0.0958. The van der Waals surface area contributed by atoms with Crippen molar-refractivity contribution < 1.29 is 4.92 Å². The van der Waals surface area contributed by atoms with E-state index in [4.69, 9.17) is 0 Å². The van der Waals surface area contributed by atoms with E-state index >= 15 is 0 Å². The molecule has 1 aromatic carbocycles. The lowest BCUT2D eigenvalue weighted by atomic mass is 9.99. The first-order valence-corrected chi connectivity index (χ1v) is 7.92. The number of nitro groups is 1. The van der Waals surface area contributed by atoms with Crippen LogP contribution in [0.25, 0.3) is 10.2 Å². The van der Waals surface area contributed by atoms with Crippen LogP contribution in [0.5, 0.6) is 0 Å². The van der Waals surface area contributed by atoms with Crippen LogP contribution in [0, 0.1) is 16.0 Å². The van der Waals surface area contributed by atoms with Crippen molar-refractivity contribution in [1.82, 2.24) is 10.3 Å². The third kappa shape index (κ3) is 3.14. The second-order valence-electron chi connectivity index (χ2n) is 5.50. The molecule has 1 aliphatic rings. The van der Waals surface area contributed by atoms with Crippen LogP contribution in [-0.2, 0) is 0 Å². The summed E-state index contributed by atoms with van der Waals surface area (Å²) in [5.41, 5.74) is 0.802. The Labute approximate surface area is 126 Å². The van der Waals surface area contributed by atoms with Gasteiger partial charge in [0.25, 0.3) is 5.69 Å². The first kappa shape index (κ1) is 14.2. The van der Waals surface area contributed by atoms with Gasteiger partial charge in [0.15, 0.2) is 5.13 Å². The number of rotatable bonds is 4. The third-order valence-corrected chi connectivity index (χ3v) is 4.98. The molecule has 0 spiro atoms. The van der Waals surface area contributed by atoms with Crippen molar-refractivity contribution in [2.45, 2.75) is 12.8 Å². The molecule has 1 fully saturated rings. The summed E-state index contributed by atoms with van der Waals surface area (Å²) in [6.07, 6.45) is 2.47. The van der Waals surface area contributed by atoms with Crippen molar-refractivity contribution >= 4 is 32.4 Å². The number of hydrogen-bond acceptors (Lipinski definition) is 6. The molecule has 0 unspecified atom stereocenters. The zero-order valence-electron chi connectivity index (χ0n) is 11.9. The number of anilines is 1. The number of hydrogen-bond donors (Lipinski definition) is 1. The molecule has 1 aromatic heterocycles. The van der Waals surface area contributed by atoms with Crippen LogP contribution in [0.1, 0.15) is 12.8 Å². The van der Waals surface area contributed by atoms with Gasteiger partial charge in [0.1, 0.15) is 0 Å². The molecule has 0 radical (unpaired) electrons. The predicted octanol–water partition coefficient (Wildman–Crippen LogP) is 2.64. The Morgan fingerprint density at radius 3 is 3.14 bits per heavy atom. The SMILES string of the molecule is CN(C[C@H]1CCCNC1)c1nc2cc([N+](=O)[O-])ccc2s1. The highest BCUT2D eigenvalue weighted by molar-refractivity contribution is 7.22. The van der Waals surface area contributed by atoms with Gasteiger partial charge in [-0.1, -0.05) is 11.3 Å². The summed E-state index contributed by atoms with van der Waals surface area (Å²) in [5.74, 6) is 0.644. The van der Waals surface area contributed by atoms with Crippen LogP contribution in [-0.4, -0.2) is 36.6 Å². The van der Waals surface area contributed by atoms with E-state index in [0.717, 1.165) is 29.5 Å². The summed E-state index contributed by atoms with van der Waals surface area (Å²) in [6, 6.07) is 4.87. The summed E-state index contributed by atoms with van der Waals surface area (Å²) in [7, 11) is 2.04. The molecule has 3 rings (SSSR count). The quantitative estimate of drug-likeness (QED) is 0.694. The van der Waals surface area contributed by atoms with Crippen molar-refractivity contribution in [2.24, 2.45) is 5.92 Å². The summed E-state index contributed by atoms with van der Waals surface area (Å²) in [5, 5.41) is 15.2. The van der Waals surface area contributed by atoms with Crippen LogP contribution < -0.4 is 10.2 Å². The number of piperidine rings is 1. The van der Waals surface area contributed by atoms with Crippen LogP contribution >= 0.6 is 11.3 Å². The van der Waals surface area contributed by atoms with Crippen LogP contribution in [0.2, 0.25) is 0 Å². The van der Waals surface area contributed by atoms with Crippen LogP contribution in [0.4, 0.5) is 10.8 Å². The maximum Gasteiger partial charge on any atom is 0.271 e. The highest BCUT2D eigenvalue weighted by atomic mass is 32.1. The molecular weight excluding hydrogens is 288 g/mol. The lowest BCUT2D eigenvalue weighted by Gasteiger charge is -2.27. The molecule has 1 N–H and O–H groups in total. The lowest BCUT2D eigenvalue weighted by molar-refractivity contribution is -0.384. The minimum atomic E-state index is -0.379. The van der Waals surface area contributed by atoms with E-state index in [1.54, 1.807) is 23.5 Å². The Bertz CT molecular complexity index is 651. The summed E-state index contributed by atoms with van der Waals surface area (Å²) < 4.78 is 0.990. The third-order valence-electron chi connectivity index (χ3n) is 3.83. The highest BCUT2D eigenvalue weighted by Crippen LogP contribution is 2.31. The van der Waals surface area contributed by atoms with E-state index in [0.29, 0.717) is 11.4 Å². The van der Waals surface area contributed by atoms with E-state index in [1.165, 1.54) is 18.9 Å². The average Bonchev–Trinajstić information content (AvgIpc) is 2.91. The molecule has 21 heavy (non-hydrogen) atoms. The highest BCUT2D eigenvalue weighted by Gasteiger charge is 2.18. The van der Waals surface area contributed by atoms with Crippen molar-refractivity contribution in [3.8, 4) is 0 Å². The van der Waals surface area contributed by atoms with E-state index in [1.807, 2.05) is 7.05 Å². The van der Waals surface area contributed by atoms with Crippen molar-refractivity contribution in [3.05, 3.63) is 28.3 Å². The van der Waals surface area contributed by atoms with Gasteiger partial charge in [-0.3, -0.25) is 10.1 Å². The number of thiazole rings is 1. The summed E-state index contributed by atoms with van der Waals surface area (Å²) in [6.45, 7) is 3.14. The minimum Gasteiger partial charge on any atom is -0.351 e.